The topological polar surface area (TPSA) is 35.5 Å². The molecule has 0 unspecified atom stereocenters. The van der Waals surface area contributed by atoms with Crippen molar-refractivity contribution >= 4 is 14.3 Å². The molecule has 116 valence electrons. The monoisotopic (exact) mass is 306 g/mol. The summed E-state index contributed by atoms with van der Waals surface area (Å²) in [5, 5.41) is 0.171. The minimum atomic E-state index is -1.81. The maximum Gasteiger partial charge on any atom is 0.333 e. The highest BCUT2D eigenvalue weighted by molar-refractivity contribution is 6.74. The van der Waals surface area contributed by atoms with Crippen molar-refractivity contribution in [3.05, 3.63) is 42.0 Å². The van der Waals surface area contributed by atoms with Gasteiger partial charge in [0.2, 0.25) is 8.32 Å². The van der Waals surface area contributed by atoms with Crippen molar-refractivity contribution in [1.82, 2.24) is 0 Å². The minimum absolute atomic E-state index is 0.171. The Labute approximate surface area is 129 Å². The van der Waals surface area contributed by atoms with Gasteiger partial charge in [0.25, 0.3) is 0 Å². The first-order valence-corrected chi connectivity index (χ1v) is 10.0. The predicted octanol–water partition coefficient (Wildman–Crippen LogP) is 4.34. The molecule has 0 aliphatic rings. The van der Waals surface area contributed by atoms with Crippen molar-refractivity contribution in [2.75, 3.05) is 7.11 Å². The Bertz CT molecular complexity index is 510. The highest BCUT2D eigenvalue weighted by atomic mass is 28.4. The molecule has 1 aromatic rings. The Morgan fingerprint density at radius 2 is 1.71 bits per heavy atom. The van der Waals surface area contributed by atoms with Gasteiger partial charge in [-0.3, -0.25) is 0 Å². The molecule has 0 radical (unpaired) electrons. The molecular weight excluding hydrogens is 280 g/mol. The van der Waals surface area contributed by atoms with Gasteiger partial charge in [0.05, 0.1) is 7.11 Å². The molecule has 0 aliphatic carbocycles. The van der Waals surface area contributed by atoms with E-state index >= 15 is 0 Å². The number of hydrogen-bond acceptors (Lipinski definition) is 3. The van der Waals surface area contributed by atoms with Gasteiger partial charge in [-0.1, -0.05) is 39.5 Å². The Morgan fingerprint density at radius 3 is 2.14 bits per heavy atom. The molecule has 0 fully saturated rings. The number of benzene rings is 1. The van der Waals surface area contributed by atoms with Gasteiger partial charge in [0.1, 0.15) is 5.75 Å². The number of carbonyl (C=O) groups is 1. The summed E-state index contributed by atoms with van der Waals surface area (Å²) in [6.45, 7) is 14.8. The first kappa shape index (κ1) is 17.5. The van der Waals surface area contributed by atoms with Crippen LogP contribution in [0.25, 0.3) is 0 Å². The van der Waals surface area contributed by atoms with Crippen LogP contribution in [-0.2, 0) is 16.0 Å². The summed E-state index contributed by atoms with van der Waals surface area (Å²) in [6.07, 6.45) is 0.493. The van der Waals surface area contributed by atoms with Gasteiger partial charge in [-0.2, -0.15) is 0 Å². The smallest absolute Gasteiger partial charge is 0.333 e. The van der Waals surface area contributed by atoms with Crippen molar-refractivity contribution in [2.24, 2.45) is 0 Å². The second-order valence-corrected chi connectivity index (χ2v) is 11.5. The second kappa shape index (κ2) is 6.48. The number of esters is 1. The van der Waals surface area contributed by atoms with Crippen molar-refractivity contribution in [3.8, 4) is 5.75 Å². The molecule has 0 spiro atoms. The SMILES string of the molecule is C=C(Cc1ccc(O[Si](C)(C)C(C)(C)C)cc1)C(=O)OC. The zero-order chi connectivity index (χ0) is 16.3. The van der Waals surface area contributed by atoms with E-state index in [1.165, 1.54) is 7.11 Å². The first-order chi connectivity index (χ1) is 9.56. The third kappa shape index (κ3) is 4.74. The number of rotatable bonds is 5. The van der Waals surface area contributed by atoms with E-state index in [-0.39, 0.29) is 11.0 Å². The van der Waals surface area contributed by atoms with Crippen LogP contribution in [0.15, 0.2) is 36.4 Å². The molecule has 3 nitrogen and oxygen atoms in total. The fourth-order valence-electron chi connectivity index (χ4n) is 1.59. The van der Waals surface area contributed by atoms with E-state index in [2.05, 4.69) is 45.2 Å². The molecule has 0 saturated heterocycles. The van der Waals surface area contributed by atoms with E-state index in [0.717, 1.165) is 11.3 Å². The maximum absolute atomic E-state index is 11.3. The van der Waals surface area contributed by atoms with E-state index in [0.29, 0.717) is 12.0 Å². The molecule has 0 N–H and O–H groups in total. The van der Waals surface area contributed by atoms with Gasteiger partial charge in [-0.15, -0.1) is 0 Å². The molecular formula is C17H26O3Si. The van der Waals surface area contributed by atoms with E-state index < -0.39 is 8.32 Å². The summed E-state index contributed by atoms with van der Waals surface area (Å²) in [4.78, 5) is 11.3. The lowest BCUT2D eigenvalue weighted by Gasteiger charge is -2.36. The molecule has 0 heterocycles. The number of ether oxygens (including phenoxy) is 1. The molecule has 4 heteroatoms. The molecule has 0 aliphatic heterocycles. The van der Waals surface area contributed by atoms with Crippen LogP contribution in [0.2, 0.25) is 18.1 Å². The lowest BCUT2D eigenvalue weighted by molar-refractivity contribution is -0.136. The number of hydrogen-bond donors (Lipinski definition) is 0. The van der Waals surface area contributed by atoms with Crippen LogP contribution in [0.3, 0.4) is 0 Å². The van der Waals surface area contributed by atoms with E-state index in [1.54, 1.807) is 0 Å². The van der Waals surface area contributed by atoms with Crippen molar-refractivity contribution < 1.29 is 14.0 Å². The Balaban J connectivity index is 2.75. The van der Waals surface area contributed by atoms with Gasteiger partial charge in [0.15, 0.2) is 0 Å². The highest BCUT2D eigenvalue weighted by Gasteiger charge is 2.38. The highest BCUT2D eigenvalue weighted by Crippen LogP contribution is 2.37. The standard InChI is InChI=1S/C17H26O3Si/c1-13(16(18)19-5)12-14-8-10-15(11-9-14)20-21(6,7)17(2,3)4/h8-11H,1,12H2,2-7H3. The van der Waals surface area contributed by atoms with Gasteiger partial charge in [0, 0.05) is 12.0 Å². The lowest BCUT2D eigenvalue weighted by Crippen LogP contribution is -2.43. The lowest BCUT2D eigenvalue weighted by atomic mass is 10.1. The summed E-state index contributed by atoms with van der Waals surface area (Å²) in [5.41, 5.74) is 1.48. The summed E-state index contributed by atoms with van der Waals surface area (Å²) < 4.78 is 10.9. The third-order valence-electron chi connectivity index (χ3n) is 3.99. The predicted molar refractivity (Wildman–Crippen MR) is 89.1 cm³/mol. The summed E-state index contributed by atoms with van der Waals surface area (Å²) in [5.74, 6) is 0.519. The maximum atomic E-state index is 11.3. The van der Waals surface area contributed by atoms with Gasteiger partial charge in [-0.05, 0) is 35.8 Å². The average Bonchev–Trinajstić information content (AvgIpc) is 2.38. The molecule has 0 saturated carbocycles. The summed E-state index contributed by atoms with van der Waals surface area (Å²) in [6, 6.07) is 7.86. The molecule has 0 bridgehead atoms. The van der Waals surface area contributed by atoms with Crippen LogP contribution in [0.1, 0.15) is 26.3 Å². The third-order valence-corrected chi connectivity index (χ3v) is 8.35. The van der Waals surface area contributed by atoms with Crippen LogP contribution in [0, 0.1) is 0 Å². The quantitative estimate of drug-likeness (QED) is 0.461. The van der Waals surface area contributed by atoms with Crippen molar-refractivity contribution in [2.45, 2.75) is 45.3 Å². The summed E-state index contributed by atoms with van der Waals surface area (Å²) >= 11 is 0. The van der Waals surface area contributed by atoms with Crippen molar-refractivity contribution in [1.29, 1.82) is 0 Å². The normalized spacial score (nSPS) is 11.9. The number of carbonyl (C=O) groups excluding carboxylic acids is 1. The number of methoxy groups -OCH3 is 1. The molecule has 1 aromatic carbocycles. The van der Waals surface area contributed by atoms with Crippen LogP contribution in [0.4, 0.5) is 0 Å². The van der Waals surface area contributed by atoms with Gasteiger partial charge >= 0.3 is 5.97 Å². The van der Waals surface area contributed by atoms with Crippen LogP contribution < -0.4 is 4.43 Å². The van der Waals surface area contributed by atoms with Gasteiger partial charge < -0.3 is 9.16 Å². The Kier molecular flexibility index (Phi) is 5.40. The Hall–Kier alpha value is -1.55. The van der Waals surface area contributed by atoms with Gasteiger partial charge in [-0.25, -0.2) is 4.79 Å². The molecule has 1 rings (SSSR count). The van der Waals surface area contributed by atoms with E-state index in [9.17, 15) is 4.79 Å². The molecule has 0 aromatic heterocycles. The van der Waals surface area contributed by atoms with Crippen LogP contribution >= 0.6 is 0 Å². The fraction of sp³-hybridized carbons (Fsp3) is 0.471. The molecule has 21 heavy (non-hydrogen) atoms. The van der Waals surface area contributed by atoms with Crippen LogP contribution in [-0.4, -0.2) is 21.4 Å². The average molecular weight is 306 g/mol. The minimum Gasteiger partial charge on any atom is -0.544 e. The molecule has 0 amide bonds. The fourth-order valence-corrected chi connectivity index (χ4v) is 2.62. The zero-order valence-corrected chi connectivity index (χ0v) is 14.9. The largest absolute Gasteiger partial charge is 0.544 e. The van der Waals surface area contributed by atoms with E-state index in [1.807, 2.05) is 24.3 Å². The van der Waals surface area contributed by atoms with Crippen molar-refractivity contribution in [3.63, 3.8) is 0 Å². The summed E-state index contributed by atoms with van der Waals surface area (Å²) in [7, 11) is -0.446. The van der Waals surface area contributed by atoms with E-state index in [4.69, 9.17) is 4.43 Å². The molecule has 0 atom stereocenters. The van der Waals surface area contributed by atoms with Crippen LogP contribution in [0.5, 0.6) is 5.75 Å². The Morgan fingerprint density at radius 1 is 1.19 bits per heavy atom. The second-order valence-electron chi connectivity index (χ2n) is 6.78. The first-order valence-electron chi connectivity index (χ1n) is 7.11. The zero-order valence-electron chi connectivity index (χ0n) is 13.9.